The van der Waals surface area contributed by atoms with E-state index in [0.29, 0.717) is 19.3 Å². The van der Waals surface area contributed by atoms with E-state index in [-0.39, 0.29) is 24.0 Å². The summed E-state index contributed by atoms with van der Waals surface area (Å²) in [5, 5.41) is 6.88. The highest BCUT2D eigenvalue weighted by atomic mass is 127. The van der Waals surface area contributed by atoms with Crippen LogP contribution < -0.4 is 10.6 Å². The smallest absolute Gasteiger partial charge is 0.191 e. The number of halogens is 1. The summed E-state index contributed by atoms with van der Waals surface area (Å²) in [6, 6.07) is 16.8. The third-order valence-corrected chi connectivity index (χ3v) is 4.91. The third-order valence-electron chi connectivity index (χ3n) is 4.91. The van der Waals surface area contributed by atoms with Gasteiger partial charge in [-0.2, -0.15) is 0 Å². The van der Waals surface area contributed by atoms with Crippen LogP contribution in [0.1, 0.15) is 24.1 Å². The maximum absolute atomic E-state index is 5.72. The molecule has 1 aliphatic rings. The fourth-order valence-corrected chi connectivity index (χ4v) is 3.35. The van der Waals surface area contributed by atoms with Gasteiger partial charge in [0.25, 0.3) is 0 Å². The Labute approximate surface area is 191 Å². The number of pyridine rings is 1. The number of hydrogen-bond acceptors (Lipinski definition) is 4. The SMILES string of the molecule is CN=C(NCCOCc1ccccc1)NC1CCN(Cc2ccccn2)CC1.I. The Morgan fingerprint density at radius 2 is 1.90 bits per heavy atom. The molecule has 29 heavy (non-hydrogen) atoms. The molecular weight excluding hydrogens is 477 g/mol. The zero-order valence-corrected chi connectivity index (χ0v) is 19.4. The minimum Gasteiger partial charge on any atom is -0.375 e. The first-order valence-corrected chi connectivity index (χ1v) is 10.0. The van der Waals surface area contributed by atoms with Crippen LogP contribution in [-0.2, 0) is 17.9 Å². The zero-order valence-electron chi connectivity index (χ0n) is 17.1. The van der Waals surface area contributed by atoms with Gasteiger partial charge in [0, 0.05) is 45.5 Å². The monoisotopic (exact) mass is 509 g/mol. The summed E-state index contributed by atoms with van der Waals surface area (Å²) in [6.07, 6.45) is 4.08. The van der Waals surface area contributed by atoms with Crippen LogP contribution in [0.15, 0.2) is 59.7 Å². The van der Waals surface area contributed by atoms with E-state index < -0.39 is 0 Å². The van der Waals surface area contributed by atoms with Crippen LogP contribution in [0.25, 0.3) is 0 Å². The van der Waals surface area contributed by atoms with Crippen molar-refractivity contribution < 1.29 is 4.74 Å². The molecule has 0 bridgehead atoms. The van der Waals surface area contributed by atoms with E-state index in [9.17, 15) is 0 Å². The van der Waals surface area contributed by atoms with Gasteiger partial charge in [0.15, 0.2) is 5.96 Å². The third kappa shape index (κ3) is 8.67. The molecule has 0 atom stereocenters. The molecule has 0 unspecified atom stereocenters. The van der Waals surface area contributed by atoms with Crippen molar-refractivity contribution >= 4 is 29.9 Å². The van der Waals surface area contributed by atoms with Gasteiger partial charge in [-0.15, -0.1) is 24.0 Å². The molecule has 2 N–H and O–H groups in total. The Morgan fingerprint density at radius 3 is 2.59 bits per heavy atom. The van der Waals surface area contributed by atoms with Gasteiger partial charge in [-0.25, -0.2) is 0 Å². The Kier molecular flexibility index (Phi) is 11.0. The molecule has 0 radical (unpaired) electrons. The first-order chi connectivity index (χ1) is 13.8. The van der Waals surface area contributed by atoms with Crippen molar-refractivity contribution in [3.05, 3.63) is 66.0 Å². The molecule has 0 spiro atoms. The van der Waals surface area contributed by atoms with Gasteiger partial charge < -0.3 is 15.4 Å². The Bertz CT molecular complexity index is 706. The van der Waals surface area contributed by atoms with Crippen LogP contribution in [0.5, 0.6) is 0 Å². The van der Waals surface area contributed by atoms with Crippen molar-refractivity contribution in [3.8, 4) is 0 Å². The second-order valence-corrected chi connectivity index (χ2v) is 7.05. The number of ether oxygens (including phenoxy) is 1. The number of likely N-dealkylation sites (tertiary alicyclic amines) is 1. The normalized spacial score (nSPS) is 15.6. The quantitative estimate of drug-likeness (QED) is 0.248. The minimum atomic E-state index is 0. The number of guanidine groups is 1. The highest BCUT2D eigenvalue weighted by Crippen LogP contribution is 2.12. The molecule has 0 amide bonds. The van der Waals surface area contributed by atoms with Crippen molar-refractivity contribution in [2.24, 2.45) is 4.99 Å². The second-order valence-electron chi connectivity index (χ2n) is 7.05. The van der Waals surface area contributed by atoms with E-state index >= 15 is 0 Å². The summed E-state index contributed by atoms with van der Waals surface area (Å²) in [5.74, 6) is 0.853. The molecular formula is C22H32IN5O. The summed E-state index contributed by atoms with van der Waals surface area (Å²) in [7, 11) is 1.82. The molecule has 1 aliphatic heterocycles. The first kappa shape index (κ1) is 23.6. The van der Waals surface area contributed by atoms with Gasteiger partial charge in [-0.3, -0.25) is 14.9 Å². The molecule has 1 aromatic carbocycles. The van der Waals surface area contributed by atoms with Crippen molar-refractivity contribution in [2.75, 3.05) is 33.3 Å². The topological polar surface area (TPSA) is 61.8 Å². The molecule has 7 heteroatoms. The van der Waals surface area contributed by atoms with Gasteiger partial charge in [0.1, 0.15) is 0 Å². The van der Waals surface area contributed by atoms with Gasteiger partial charge in [0.05, 0.1) is 18.9 Å². The molecule has 1 aromatic heterocycles. The minimum absolute atomic E-state index is 0. The van der Waals surface area contributed by atoms with E-state index in [1.807, 2.05) is 37.5 Å². The van der Waals surface area contributed by atoms with Crippen LogP contribution in [0.2, 0.25) is 0 Å². The fourth-order valence-electron chi connectivity index (χ4n) is 3.35. The van der Waals surface area contributed by atoms with Crippen LogP contribution in [-0.4, -0.2) is 55.2 Å². The van der Waals surface area contributed by atoms with Gasteiger partial charge in [-0.1, -0.05) is 36.4 Å². The predicted molar refractivity (Wildman–Crippen MR) is 129 cm³/mol. The van der Waals surface area contributed by atoms with Crippen LogP contribution in [0.3, 0.4) is 0 Å². The van der Waals surface area contributed by atoms with Crippen molar-refractivity contribution in [3.63, 3.8) is 0 Å². The van der Waals surface area contributed by atoms with Crippen molar-refractivity contribution in [1.29, 1.82) is 0 Å². The maximum Gasteiger partial charge on any atom is 0.191 e. The largest absolute Gasteiger partial charge is 0.375 e. The lowest BCUT2D eigenvalue weighted by Crippen LogP contribution is -2.49. The Morgan fingerprint density at radius 1 is 1.14 bits per heavy atom. The number of hydrogen-bond donors (Lipinski definition) is 2. The Hall–Kier alpha value is -1.71. The summed E-state index contributed by atoms with van der Waals surface area (Å²) in [6.45, 7) is 5.11. The fraction of sp³-hybridized carbons (Fsp3) is 0.455. The van der Waals surface area contributed by atoms with Gasteiger partial charge in [-0.05, 0) is 30.5 Å². The molecule has 2 aromatic rings. The van der Waals surface area contributed by atoms with Crippen LogP contribution >= 0.6 is 24.0 Å². The van der Waals surface area contributed by atoms with Crippen molar-refractivity contribution in [1.82, 2.24) is 20.5 Å². The van der Waals surface area contributed by atoms with Gasteiger partial charge >= 0.3 is 0 Å². The van der Waals surface area contributed by atoms with E-state index in [1.54, 1.807) is 0 Å². The molecule has 1 saturated heterocycles. The standard InChI is InChI=1S/C22H31N5O.HI/c1-23-22(25-13-16-28-18-19-7-3-2-4-8-19)26-20-10-14-27(15-11-20)17-21-9-5-6-12-24-21;/h2-9,12,20H,10-11,13-18H2,1H3,(H2,23,25,26);1H. The number of nitrogens with zero attached hydrogens (tertiary/aromatic N) is 3. The number of nitrogens with one attached hydrogen (secondary N) is 2. The Balaban J connectivity index is 0.00000300. The highest BCUT2D eigenvalue weighted by molar-refractivity contribution is 14.0. The molecule has 0 saturated carbocycles. The second kappa shape index (κ2) is 13.5. The highest BCUT2D eigenvalue weighted by Gasteiger charge is 2.20. The average molecular weight is 509 g/mol. The van der Waals surface area contributed by atoms with E-state index in [2.05, 4.69) is 49.8 Å². The lowest BCUT2D eigenvalue weighted by molar-refractivity contribution is 0.125. The predicted octanol–water partition coefficient (Wildman–Crippen LogP) is 3.05. The number of benzene rings is 1. The molecule has 3 rings (SSSR count). The number of aromatic nitrogens is 1. The van der Waals surface area contributed by atoms with Gasteiger partial charge in [0.2, 0.25) is 0 Å². The lowest BCUT2D eigenvalue weighted by atomic mass is 10.1. The van der Waals surface area contributed by atoms with E-state index in [0.717, 1.165) is 50.7 Å². The lowest BCUT2D eigenvalue weighted by Gasteiger charge is -2.32. The van der Waals surface area contributed by atoms with Crippen LogP contribution in [0.4, 0.5) is 0 Å². The summed E-state index contributed by atoms with van der Waals surface area (Å²) >= 11 is 0. The number of aliphatic imine (C=N–C) groups is 1. The van der Waals surface area contributed by atoms with Crippen LogP contribution in [0, 0.1) is 0 Å². The maximum atomic E-state index is 5.72. The van der Waals surface area contributed by atoms with E-state index in [1.165, 1.54) is 5.56 Å². The summed E-state index contributed by atoms with van der Waals surface area (Å²) < 4.78 is 5.72. The summed E-state index contributed by atoms with van der Waals surface area (Å²) in [4.78, 5) is 11.2. The average Bonchev–Trinajstić information content (AvgIpc) is 2.75. The van der Waals surface area contributed by atoms with E-state index in [4.69, 9.17) is 4.74 Å². The van der Waals surface area contributed by atoms with Crippen molar-refractivity contribution in [2.45, 2.75) is 32.0 Å². The summed E-state index contributed by atoms with van der Waals surface area (Å²) in [5.41, 5.74) is 2.34. The molecule has 2 heterocycles. The molecule has 1 fully saturated rings. The first-order valence-electron chi connectivity index (χ1n) is 10.0. The molecule has 6 nitrogen and oxygen atoms in total. The zero-order chi connectivity index (χ0) is 19.4. The number of rotatable bonds is 8. The molecule has 0 aliphatic carbocycles. The number of piperidine rings is 1. The molecule has 158 valence electrons.